The molecule has 0 N–H and O–H groups in total. The first kappa shape index (κ1) is 15.0. The molecule has 1 aliphatic rings. The highest BCUT2D eigenvalue weighted by Gasteiger charge is 2.32. The molecule has 6 heteroatoms. The lowest BCUT2D eigenvalue weighted by Gasteiger charge is -2.34. The predicted molar refractivity (Wildman–Crippen MR) is 75.9 cm³/mol. The summed E-state index contributed by atoms with van der Waals surface area (Å²) >= 11 is 0. The van der Waals surface area contributed by atoms with Crippen LogP contribution < -0.4 is 4.74 Å². The molecule has 1 fully saturated rings. The van der Waals surface area contributed by atoms with Gasteiger partial charge in [0.05, 0.1) is 12.7 Å². The first-order chi connectivity index (χ1) is 9.43. The standard InChI is InChI=1S/C14H18FNO3S/c1-9-7-16(8-10(2)20(9)18)14(17)12-6-11(15)4-5-13(12)19-3/h4-6,9-10H,7-8H2,1-3H3. The summed E-state index contributed by atoms with van der Waals surface area (Å²) in [6.07, 6.45) is 0. The molecule has 0 aliphatic carbocycles. The molecule has 4 nitrogen and oxygen atoms in total. The Balaban J connectivity index is 2.28. The van der Waals surface area contributed by atoms with Crippen LogP contribution in [0.15, 0.2) is 18.2 Å². The van der Waals surface area contributed by atoms with Gasteiger partial charge >= 0.3 is 0 Å². The minimum Gasteiger partial charge on any atom is -0.496 e. The van der Waals surface area contributed by atoms with Crippen LogP contribution in [-0.4, -0.2) is 45.7 Å². The number of carbonyl (C=O) groups excluding carboxylic acids is 1. The third kappa shape index (κ3) is 2.85. The van der Waals surface area contributed by atoms with E-state index in [1.54, 1.807) is 4.90 Å². The Morgan fingerprint density at radius 3 is 2.50 bits per heavy atom. The van der Waals surface area contributed by atoms with Crippen molar-refractivity contribution in [2.24, 2.45) is 0 Å². The smallest absolute Gasteiger partial charge is 0.257 e. The van der Waals surface area contributed by atoms with Gasteiger partial charge in [-0.15, -0.1) is 0 Å². The summed E-state index contributed by atoms with van der Waals surface area (Å²) in [5.41, 5.74) is 0.208. The third-order valence-corrected chi connectivity index (χ3v) is 5.31. The van der Waals surface area contributed by atoms with E-state index in [9.17, 15) is 13.4 Å². The summed E-state index contributed by atoms with van der Waals surface area (Å²) < 4.78 is 30.4. The molecule has 0 aromatic heterocycles. The lowest BCUT2D eigenvalue weighted by atomic mass is 10.1. The van der Waals surface area contributed by atoms with E-state index in [0.717, 1.165) is 0 Å². The van der Waals surface area contributed by atoms with E-state index in [2.05, 4.69) is 0 Å². The maximum atomic E-state index is 13.4. The second kappa shape index (κ2) is 5.91. The lowest BCUT2D eigenvalue weighted by Crippen LogP contribution is -2.49. The van der Waals surface area contributed by atoms with E-state index in [1.807, 2.05) is 13.8 Å². The molecule has 1 amide bonds. The summed E-state index contributed by atoms with van der Waals surface area (Å²) in [7, 11) is 0.511. The zero-order valence-corrected chi connectivity index (χ0v) is 12.6. The van der Waals surface area contributed by atoms with Gasteiger partial charge in [0, 0.05) is 34.4 Å². The maximum Gasteiger partial charge on any atom is 0.257 e. The number of benzene rings is 1. The van der Waals surface area contributed by atoms with E-state index < -0.39 is 16.6 Å². The largest absolute Gasteiger partial charge is 0.496 e. The number of hydrogen-bond acceptors (Lipinski definition) is 3. The zero-order chi connectivity index (χ0) is 14.9. The number of carbonyl (C=O) groups is 1. The fraction of sp³-hybridized carbons (Fsp3) is 0.500. The van der Waals surface area contributed by atoms with Gasteiger partial charge in [0.2, 0.25) is 0 Å². The number of hydrogen-bond donors (Lipinski definition) is 0. The molecule has 110 valence electrons. The number of nitrogens with zero attached hydrogens (tertiary/aromatic N) is 1. The molecule has 20 heavy (non-hydrogen) atoms. The zero-order valence-electron chi connectivity index (χ0n) is 11.8. The topological polar surface area (TPSA) is 46.6 Å². The Morgan fingerprint density at radius 1 is 1.35 bits per heavy atom. The molecule has 1 heterocycles. The van der Waals surface area contributed by atoms with Gasteiger partial charge in [-0.3, -0.25) is 9.00 Å². The van der Waals surface area contributed by atoms with Gasteiger partial charge in [0.15, 0.2) is 0 Å². The Labute approximate surface area is 120 Å². The van der Waals surface area contributed by atoms with Gasteiger partial charge in [-0.1, -0.05) is 0 Å². The van der Waals surface area contributed by atoms with Crippen molar-refractivity contribution >= 4 is 16.7 Å². The fourth-order valence-electron chi connectivity index (χ4n) is 2.42. The van der Waals surface area contributed by atoms with Crippen molar-refractivity contribution in [3.8, 4) is 5.75 Å². The molecule has 2 rings (SSSR count). The molecule has 0 bridgehead atoms. The predicted octanol–water partition coefficient (Wildman–Crippen LogP) is 1.82. The van der Waals surface area contributed by atoms with Gasteiger partial charge in [-0.05, 0) is 32.0 Å². The summed E-state index contributed by atoms with van der Waals surface area (Å²) in [5, 5.41) is -0.162. The second-order valence-corrected chi connectivity index (χ2v) is 7.27. The Morgan fingerprint density at radius 2 is 1.95 bits per heavy atom. The first-order valence-corrected chi connectivity index (χ1v) is 7.73. The molecule has 0 spiro atoms. The first-order valence-electron chi connectivity index (χ1n) is 6.46. The molecule has 1 aliphatic heterocycles. The molecule has 2 unspecified atom stereocenters. The third-order valence-electron chi connectivity index (χ3n) is 3.43. The summed E-state index contributed by atoms with van der Waals surface area (Å²) in [4.78, 5) is 14.1. The van der Waals surface area contributed by atoms with Crippen molar-refractivity contribution in [3.05, 3.63) is 29.6 Å². The van der Waals surface area contributed by atoms with Crippen LogP contribution in [0.1, 0.15) is 24.2 Å². The van der Waals surface area contributed by atoms with Gasteiger partial charge in [0.1, 0.15) is 11.6 Å². The van der Waals surface area contributed by atoms with Crippen molar-refractivity contribution in [1.82, 2.24) is 4.90 Å². The molecular weight excluding hydrogens is 281 g/mol. The summed E-state index contributed by atoms with van der Waals surface area (Å²) in [6, 6.07) is 3.88. The minimum atomic E-state index is -0.934. The van der Waals surface area contributed by atoms with E-state index in [4.69, 9.17) is 4.74 Å². The van der Waals surface area contributed by atoms with Crippen molar-refractivity contribution in [1.29, 1.82) is 0 Å². The number of halogens is 1. The van der Waals surface area contributed by atoms with Crippen molar-refractivity contribution in [3.63, 3.8) is 0 Å². The molecule has 0 saturated carbocycles. The lowest BCUT2D eigenvalue weighted by molar-refractivity contribution is 0.0747. The summed E-state index contributed by atoms with van der Waals surface area (Å²) in [5.74, 6) is -0.406. The Bertz CT molecular complexity index is 535. The van der Waals surface area contributed by atoms with E-state index in [-0.39, 0.29) is 22.0 Å². The van der Waals surface area contributed by atoms with Crippen molar-refractivity contribution < 1.29 is 18.1 Å². The molecule has 1 aromatic carbocycles. The number of ether oxygens (including phenoxy) is 1. The van der Waals surface area contributed by atoms with Crippen LogP contribution in [0.5, 0.6) is 5.75 Å². The summed E-state index contributed by atoms with van der Waals surface area (Å²) in [6.45, 7) is 4.54. The quantitative estimate of drug-likeness (QED) is 0.837. The highest BCUT2D eigenvalue weighted by molar-refractivity contribution is 7.86. The van der Waals surface area contributed by atoms with Crippen LogP contribution in [0.3, 0.4) is 0 Å². The molecule has 1 aromatic rings. The van der Waals surface area contributed by atoms with Gasteiger partial charge in [-0.25, -0.2) is 4.39 Å². The normalized spacial score (nSPS) is 26.4. The van der Waals surface area contributed by atoms with E-state index in [0.29, 0.717) is 18.8 Å². The van der Waals surface area contributed by atoms with Crippen LogP contribution in [0, 0.1) is 5.82 Å². The van der Waals surface area contributed by atoms with Crippen LogP contribution in [0.2, 0.25) is 0 Å². The maximum absolute atomic E-state index is 13.4. The van der Waals surface area contributed by atoms with Gasteiger partial charge < -0.3 is 9.64 Å². The SMILES string of the molecule is COc1ccc(F)cc1C(=O)N1CC(C)S(=O)C(C)C1. The number of amides is 1. The van der Waals surface area contributed by atoms with Crippen molar-refractivity contribution in [2.75, 3.05) is 20.2 Å². The van der Waals surface area contributed by atoms with Crippen LogP contribution in [-0.2, 0) is 10.8 Å². The molecule has 0 radical (unpaired) electrons. The van der Waals surface area contributed by atoms with Gasteiger partial charge in [-0.2, -0.15) is 0 Å². The second-order valence-electron chi connectivity index (χ2n) is 5.00. The highest BCUT2D eigenvalue weighted by atomic mass is 32.2. The van der Waals surface area contributed by atoms with Crippen LogP contribution in [0.4, 0.5) is 4.39 Å². The van der Waals surface area contributed by atoms with Crippen molar-refractivity contribution in [2.45, 2.75) is 24.3 Å². The van der Waals surface area contributed by atoms with Crippen LogP contribution >= 0.6 is 0 Å². The highest BCUT2D eigenvalue weighted by Crippen LogP contribution is 2.24. The monoisotopic (exact) mass is 299 g/mol. The Kier molecular flexibility index (Phi) is 4.42. The molecule has 1 saturated heterocycles. The molecular formula is C14H18FNO3S. The average molecular weight is 299 g/mol. The van der Waals surface area contributed by atoms with Gasteiger partial charge in [0.25, 0.3) is 5.91 Å². The van der Waals surface area contributed by atoms with Crippen LogP contribution in [0.25, 0.3) is 0 Å². The number of methoxy groups -OCH3 is 1. The van der Waals surface area contributed by atoms with E-state index >= 15 is 0 Å². The Hall–Kier alpha value is -1.43. The average Bonchev–Trinajstić information content (AvgIpc) is 2.43. The molecule has 2 atom stereocenters. The minimum absolute atomic E-state index is 0.0812. The fourth-order valence-corrected chi connectivity index (χ4v) is 3.87. The number of rotatable bonds is 2. The van der Waals surface area contributed by atoms with E-state index in [1.165, 1.54) is 25.3 Å².